The quantitative estimate of drug-likeness (QED) is 0.896. The lowest BCUT2D eigenvalue weighted by Gasteiger charge is -2.24. The normalized spacial score (nSPS) is 12.6. The summed E-state index contributed by atoms with van der Waals surface area (Å²) in [7, 11) is 1.40. The smallest absolute Gasteiger partial charge is 0.278 e. The maximum atomic E-state index is 14.0. The van der Waals surface area contributed by atoms with Gasteiger partial charge in [-0.25, -0.2) is 8.78 Å². The molecule has 18 heavy (non-hydrogen) atoms. The van der Waals surface area contributed by atoms with Crippen molar-refractivity contribution in [3.63, 3.8) is 0 Å². The summed E-state index contributed by atoms with van der Waals surface area (Å²) < 4.78 is 33.0. The van der Waals surface area contributed by atoms with Crippen LogP contribution in [0.25, 0.3) is 0 Å². The van der Waals surface area contributed by atoms with Crippen molar-refractivity contribution >= 4 is 0 Å². The Kier molecular flexibility index (Phi) is 4.32. The molecular formula is C14H21F2NO. The third kappa shape index (κ3) is 3.19. The highest BCUT2D eigenvalue weighted by Crippen LogP contribution is 2.39. The Bertz CT molecular complexity index is 411. The molecule has 2 nitrogen and oxygen atoms in total. The van der Waals surface area contributed by atoms with E-state index in [1.54, 1.807) is 6.07 Å². The Morgan fingerprint density at radius 1 is 1.22 bits per heavy atom. The van der Waals surface area contributed by atoms with Crippen LogP contribution in [0, 0.1) is 0 Å². The van der Waals surface area contributed by atoms with Crippen LogP contribution >= 0.6 is 0 Å². The second kappa shape index (κ2) is 5.22. The van der Waals surface area contributed by atoms with Gasteiger partial charge in [0.05, 0.1) is 12.7 Å². The first-order valence-corrected chi connectivity index (χ1v) is 5.99. The molecule has 0 bridgehead atoms. The third-order valence-corrected chi connectivity index (χ3v) is 2.92. The molecule has 0 aliphatic carbocycles. The maximum Gasteiger partial charge on any atom is 0.278 e. The molecule has 1 aromatic rings. The average Bonchev–Trinajstić information content (AvgIpc) is 2.27. The molecule has 0 saturated heterocycles. The van der Waals surface area contributed by atoms with Gasteiger partial charge in [-0.1, -0.05) is 26.8 Å². The summed E-state index contributed by atoms with van der Waals surface area (Å²) in [6.07, 6.45) is -0.378. The number of ether oxygens (including phenoxy) is 1. The van der Waals surface area contributed by atoms with Gasteiger partial charge in [0.2, 0.25) is 0 Å². The zero-order valence-electron chi connectivity index (χ0n) is 11.4. The fraction of sp³-hybridized carbons (Fsp3) is 0.571. The second-order valence-corrected chi connectivity index (χ2v) is 5.41. The van der Waals surface area contributed by atoms with Crippen LogP contribution in [0.15, 0.2) is 18.2 Å². The van der Waals surface area contributed by atoms with Gasteiger partial charge < -0.3 is 10.5 Å². The molecular weight excluding hydrogens is 236 g/mol. The van der Waals surface area contributed by atoms with Gasteiger partial charge in [0.1, 0.15) is 5.75 Å². The van der Waals surface area contributed by atoms with Gasteiger partial charge in [-0.2, -0.15) is 0 Å². The molecule has 0 spiro atoms. The molecule has 2 N–H and O–H groups in total. The summed E-state index contributed by atoms with van der Waals surface area (Å²) in [6, 6.07) is 4.94. The lowest BCUT2D eigenvalue weighted by Crippen LogP contribution is -2.21. The molecule has 0 atom stereocenters. The summed E-state index contributed by atoms with van der Waals surface area (Å²) >= 11 is 0. The van der Waals surface area contributed by atoms with Crippen molar-refractivity contribution in [2.75, 3.05) is 13.7 Å². The van der Waals surface area contributed by atoms with E-state index < -0.39 is 5.92 Å². The maximum absolute atomic E-state index is 14.0. The molecule has 4 heteroatoms. The molecule has 102 valence electrons. The van der Waals surface area contributed by atoms with E-state index in [-0.39, 0.29) is 29.7 Å². The van der Waals surface area contributed by atoms with Crippen molar-refractivity contribution in [1.29, 1.82) is 0 Å². The van der Waals surface area contributed by atoms with Crippen LogP contribution in [0.3, 0.4) is 0 Å². The summed E-state index contributed by atoms with van der Waals surface area (Å²) in [5.41, 5.74) is 5.84. The standard InChI is InChI=1S/C14H21F2NO/c1-13(2,3)10-5-6-12(18-4)11(9-10)14(15,16)7-8-17/h5-6,9H,7-8,17H2,1-4H3. The molecule has 0 aliphatic heterocycles. The van der Waals surface area contributed by atoms with Gasteiger partial charge in [0, 0.05) is 6.42 Å². The molecule has 0 amide bonds. The van der Waals surface area contributed by atoms with E-state index in [0.29, 0.717) is 0 Å². The molecule has 1 rings (SSSR count). The average molecular weight is 257 g/mol. The molecule has 0 saturated carbocycles. The number of methoxy groups -OCH3 is 1. The van der Waals surface area contributed by atoms with Crippen molar-refractivity contribution in [1.82, 2.24) is 0 Å². The summed E-state index contributed by atoms with van der Waals surface area (Å²) in [5.74, 6) is -2.75. The lowest BCUT2D eigenvalue weighted by molar-refractivity contribution is -0.0129. The molecule has 1 aromatic carbocycles. The number of nitrogens with two attached hydrogens (primary N) is 1. The highest BCUT2D eigenvalue weighted by Gasteiger charge is 2.34. The van der Waals surface area contributed by atoms with Gasteiger partial charge >= 0.3 is 0 Å². The van der Waals surface area contributed by atoms with Gasteiger partial charge in [-0.15, -0.1) is 0 Å². The van der Waals surface area contributed by atoms with Crippen molar-refractivity contribution in [2.24, 2.45) is 5.73 Å². The highest BCUT2D eigenvalue weighted by molar-refractivity contribution is 5.42. The molecule has 0 unspecified atom stereocenters. The number of benzene rings is 1. The Morgan fingerprint density at radius 3 is 2.28 bits per heavy atom. The van der Waals surface area contributed by atoms with E-state index in [0.717, 1.165) is 5.56 Å². The Balaban J connectivity index is 3.31. The van der Waals surface area contributed by atoms with Crippen LogP contribution in [0.4, 0.5) is 8.78 Å². The van der Waals surface area contributed by atoms with Gasteiger partial charge in [-0.05, 0) is 29.7 Å². The molecule has 0 fully saturated rings. The van der Waals surface area contributed by atoms with E-state index in [1.807, 2.05) is 26.8 Å². The monoisotopic (exact) mass is 257 g/mol. The van der Waals surface area contributed by atoms with Crippen LogP contribution in [0.5, 0.6) is 5.75 Å². The topological polar surface area (TPSA) is 35.2 Å². The number of hydrogen-bond acceptors (Lipinski definition) is 2. The van der Waals surface area contributed by atoms with Crippen molar-refractivity contribution < 1.29 is 13.5 Å². The fourth-order valence-corrected chi connectivity index (χ4v) is 1.78. The van der Waals surface area contributed by atoms with Crippen LogP contribution < -0.4 is 10.5 Å². The van der Waals surface area contributed by atoms with Crippen molar-refractivity contribution in [3.05, 3.63) is 29.3 Å². The van der Waals surface area contributed by atoms with E-state index in [9.17, 15) is 8.78 Å². The van der Waals surface area contributed by atoms with E-state index in [1.165, 1.54) is 13.2 Å². The second-order valence-electron chi connectivity index (χ2n) is 5.41. The first-order valence-electron chi connectivity index (χ1n) is 5.99. The SMILES string of the molecule is COc1ccc(C(C)(C)C)cc1C(F)(F)CCN. The Hall–Kier alpha value is -1.16. The lowest BCUT2D eigenvalue weighted by atomic mass is 9.85. The molecule has 0 radical (unpaired) electrons. The largest absolute Gasteiger partial charge is 0.496 e. The summed E-state index contributed by atoms with van der Waals surface area (Å²) in [5, 5.41) is 0. The third-order valence-electron chi connectivity index (χ3n) is 2.92. The zero-order chi connectivity index (χ0) is 14.0. The van der Waals surface area contributed by atoms with E-state index in [2.05, 4.69) is 0 Å². The van der Waals surface area contributed by atoms with Gasteiger partial charge in [0.15, 0.2) is 0 Å². The van der Waals surface area contributed by atoms with Gasteiger partial charge in [-0.3, -0.25) is 0 Å². The Labute approximate surface area is 107 Å². The summed E-state index contributed by atoms with van der Waals surface area (Å²) in [4.78, 5) is 0. The minimum absolute atomic E-state index is 0.0596. The summed E-state index contributed by atoms with van der Waals surface area (Å²) in [6.45, 7) is 5.90. The number of hydrogen-bond donors (Lipinski definition) is 1. The van der Waals surface area contributed by atoms with Crippen molar-refractivity contribution in [3.8, 4) is 5.75 Å². The molecule has 0 heterocycles. The Morgan fingerprint density at radius 2 is 1.83 bits per heavy atom. The number of halogens is 2. The number of rotatable bonds is 4. The first-order chi connectivity index (χ1) is 8.22. The van der Waals surface area contributed by atoms with E-state index >= 15 is 0 Å². The minimum atomic E-state index is -2.96. The predicted molar refractivity (Wildman–Crippen MR) is 69.3 cm³/mol. The van der Waals surface area contributed by atoms with Crippen molar-refractivity contribution in [2.45, 2.75) is 38.5 Å². The number of alkyl halides is 2. The van der Waals surface area contributed by atoms with E-state index in [4.69, 9.17) is 10.5 Å². The minimum Gasteiger partial charge on any atom is -0.496 e. The van der Waals surface area contributed by atoms with Gasteiger partial charge in [0.25, 0.3) is 5.92 Å². The van der Waals surface area contributed by atoms with Crippen LogP contribution in [0.1, 0.15) is 38.3 Å². The predicted octanol–water partition coefficient (Wildman–Crippen LogP) is 3.43. The highest BCUT2D eigenvalue weighted by atomic mass is 19.3. The first kappa shape index (κ1) is 14.9. The zero-order valence-corrected chi connectivity index (χ0v) is 11.4. The molecule has 0 aromatic heterocycles. The van der Waals surface area contributed by atoms with Crippen LogP contribution in [0.2, 0.25) is 0 Å². The fourth-order valence-electron chi connectivity index (χ4n) is 1.78. The molecule has 0 aliphatic rings. The van der Waals surface area contributed by atoms with Crippen LogP contribution in [-0.4, -0.2) is 13.7 Å². The van der Waals surface area contributed by atoms with Crippen LogP contribution in [-0.2, 0) is 11.3 Å².